The van der Waals surface area contributed by atoms with Crippen LogP contribution in [-0.4, -0.2) is 11.1 Å². The molecule has 0 aromatic carbocycles. The van der Waals surface area contributed by atoms with Crippen LogP contribution in [0, 0.1) is 0 Å². The van der Waals surface area contributed by atoms with E-state index in [1.54, 1.807) is 0 Å². The Morgan fingerprint density at radius 3 is 1.94 bits per heavy atom. The topological polar surface area (TPSA) is 22.1 Å². The lowest BCUT2D eigenvalue weighted by atomic mass is 10.1. The average Bonchev–Trinajstić information content (AvgIpc) is 3.01. The fourth-order valence-electron chi connectivity index (χ4n) is 1.58. The van der Waals surface area contributed by atoms with Gasteiger partial charge in [0.2, 0.25) is 0 Å². The minimum atomic E-state index is 0.459. The summed E-state index contributed by atoms with van der Waals surface area (Å²) in [6.07, 6.45) is 2.87. The van der Waals surface area contributed by atoms with E-state index in [1.807, 2.05) is 0 Å². The van der Waals surface area contributed by atoms with Crippen LogP contribution in [0.2, 0.25) is 0 Å². The highest BCUT2D eigenvalue weighted by Crippen LogP contribution is 2.30. The third-order valence-corrected chi connectivity index (χ3v) is 2.85. The number of ether oxygens (including phenoxy) is 1. The molecule has 16 heavy (non-hydrogen) atoms. The van der Waals surface area contributed by atoms with Crippen LogP contribution in [0.15, 0.2) is 12.1 Å². The summed E-state index contributed by atoms with van der Waals surface area (Å²) in [6.45, 7) is 8.70. The summed E-state index contributed by atoms with van der Waals surface area (Å²) < 4.78 is 5.87. The summed E-state index contributed by atoms with van der Waals surface area (Å²) >= 11 is 0. The molecule has 1 heterocycles. The molecule has 2 heteroatoms. The molecule has 1 aliphatic rings. The Bertz CT molecular complexity index is 341. The highest BCUT2D eigenvalue weighted by Gasteiger charge is 2.24. The first-order valence-corrected chi connectivity index (χ1v) is 6.24. The Morgan fingerprint density at radius 2 is 1.56 bits per heavy atom. The normalized spacial score (nSPS) is 15.9. The van der Waals surface area contributed by atoms with Crippen LogP contribution < -0.4 is 4.74 Å². The van der Waals surface area contributed by atoms with Gasteiger partial charge in [-0.05, 0) is 24.7 Å². The molecule has 0 N–H and O–H groups in total. The van der Waals surface area contributed by atoms with Gasteiger partial charge in [0.25, 0.3) is 0 Å². The van der Waals surface area contributed by atoms with Crippen molar-refractivity contribution in [1.29, 1.82) is 0 Å². The van der Waals surface area contributed by atoms with E-state index in [-0.39, 0.29) is 0 Å². The zero-order chi connectivity index (χ0) is 11.7. The summed E-state index contributed by atoms with van der Waals surface area (Å²) in [5.74, 6) is 1.92. The Labute approximate surface area is 98.0 Å². The Hall–Kier alpha value is -1.05. The van der Waals surface area contributed by atoms with Crippen molar-refractivity contribution in [1.82, 2.24) is 4.98 Å². The molecular weight excluding hydrogens is 198 g/mol. The van der Waals surface area contributed by atoms with Gasteiger partial charge >= 0.3 is 0 Å². The SMILES string of the molecule is CC(C)c1cc(OC2CC2)cc(C(C)C)n1. The largest absolute Gasteiger partial charge is 0.490 e. The predicted molar refractivity (Wildman–Crippen MR) is 66.1 cm³/mol. The van der Waals surface area contributed by atoms with Crippen LogP contribution in [0.5, 0.6) is 5.75 Å². The molecule has 0 aliphatic heterocycles. The monoisotopic (exact) mass is 219 g/mol. The molecule has 2 rings (SSSR count). The quantitative estimate of drug-likeness (QED) is 0.767. The lowest BCUT2D eigenvalue weighted by Gasteiger charge is -2.13. The summed E-state index contributed by atoms with van der Waals surface area (Å²) in [5.41, 5.74) is 2.28. The van der Waals surface area contributed by atoms with E-state index < -0.39 is 0 Å². The third kappa shape index (κ3) is 2.75. The number of rotatable bonds is 4. The van der Waals surface area contributed by atoms with Crippen LogP contribution in [-0.2, 0) is 0 Å². The van der Waals surface area contributed by atoms with Gasteiger partial charge in [0, 0.05) is 23.5 Å². The van der Waals surface area contributed by atoms with E-state index >= 15 is 0 Å². The van der Waals surface area contributed by atoms with Crippen molar-refractivity contribution < 1.29 is 4.74 Å². The van der Waals surface area contributed by atoms with Gasteiger partial charge in [-0.2, -0.15) is 0 Å². The summed E-state index contributed by atoms with van der Waals surface area (Å²) in [6, 6.07) is 4.18. The second kappa shape index (κ2) is 4.44. The van der Waals surface area contributed by atoms with E-state index in [2.05, 4.69) is 44.8 Å². The van der Waals surface area contributed by atoms with E-state index in [4.69, 9.17) is 4.74 Å². The first-order valence-electron chi connectivity index (χ1n) is 6.24. The van der Waals surface area contributed by atoms with Gasteiger partial charge in [-0.15, -0.1) is 0 Å². The molecular formula is C14H21NO. The number of hydrogen-bond acceptors (Lipinski definition) is 2. The number of aromatic nitrogens is 1. The molecule has 0 unspecified atom stereocenters. The van der Waals surface area contributed by atoms with Crippen molar-refractivity contribution in [2.45, 2.75) is 58.5 Å². The van der Waals surface area contributed by atoms with Crippen LogP contribution in [0.25, 0.3) is 0 Å². The first-order chi connectivity index (χ1) is 7.56. The van der Waals surface area contributed by atoms with Crippen LogP contribution >= 0.6 is 0 Å². The van der Waals surface area contributed by atoms with Crippen molar-refractivity contribution in [3.05, 3.63) is 23.5 Å². The molecule has 1 fully saturated rings. The maximum Gasteiger partial charge on any atom is 0.123 e. The van der Waals surface area contributed by atoms with Crippen LogP contribution in [0.3, 0.4) is 0 Å². The molecule has 1 aromatic rings. The third-order valence-electron chi connectivity index (χ3n) is 2.85. The Morgan fingerprint density at radius 1 is 1.06 bits per heavy atom. The number of pyridine rings is 1. The standard InChI is InChI=1S/C14H21NO/c1-9(2)13-7-12(16-11-5-6-11)8-14(15-13)10(3)4/h7-11H,5-6H2,1-4H3. The van der Waals surface area contributed by atoms with E-state index in [0.29, 0.717) is 17.9 Å². The van der Waals surface area contributed by atoms with Crippen molar-refractivity contribution in [3.8, 4) is 5.75 Å². The molecule has 0 spiro atoms. The lowest BCUT2D eigenvalue weighted by molar-refractivity contribution is 0.301. The maximum absolute atomic E-state index is 5.87. The van der Waals surface area contributed by atoms with Gasteiger partial charge in [-0.25, -0.2) is 0 Å². The van der Waals surface area contributed by atoms with Gasteiger partial charge in [-0.1, -0.05) is 27.7 Å². The van der Waals surface area contributed by atoms with Gasteiger partial charge in [0.1, 0.15) is 5.75 Å². The van der Waals surface area contributed by atoms with Gasteiger partial charge in [0.05, 0.1) is 6.10 Å². The Kier molecular flexibility index (Phi) is 3.17. The molecule has 0 amide bonds. The second-order valence-corrected chi connectivity index (χ2v) is 5.28. The highest BCUT2D eigenvalue weighted by molar-refractivity contribution is 5.30. The van der Waals surface area contributed by atoms with Crippen LogP contribution in [0.4, 0.5) is 0 Å². The summed E-state index contributed by atoms with van der Waals surface area (Å²) in [7, 11) is 0. The fourth-order valence-corrected chi connectivity index (χ4v) is 1.58. The zero-order valence-electron chi connectivity index (χ0n) is 10.7. The van der Waals surface area contributed by atoms with Gasteiger partial charge in [-0.3, -0.25) is 4.98 Å². The number of hydrogen-bond donors (Lipinski definition) is 0. The van der Waals surface area contributed by atoms with Crippen molar-refractivity contribution in [3.63, 3.8) is 0 Å². The lowest BCUT2D eigenvalue weighted by Crippen LogP contribution is -2.03. The summed E-state index contributed by atoms with van der Waals surface area (Å²) in [5, 5.41) is 0. The molecule has 2 nitrogen and oxygen atoms in total. The number of nitrogens with zero attached hydrogens (tertiary/aromatic N) is 1. The Balaban J connectivity index is 2.27. The van der Waals surface area contributed by atoms with E-state index in [1.165, 1.54) is 12.8 Å². The zero-order valence-corrected chi connectivity index (χ0v) is 10.7. The molecule has 88 valence electrons. The fraction of sp³-hybridized carbons (Fsp3) is 0.643. The second-order valence-electron chi connectivity index (χ2n) is 5.28. The van der Waals surface area contributed by atoms with Gasteiger partial charge in [0.15, 0.2) is 0 Å². The molecule has 0 radical (unpaired) electrons. The molecule has 0 bridgehead atoms. The smallest absolute Gasteiger partial charge is 0.123 e. The summed E-state index contributed by atoms with van der Waals surface area (Å²) in [4.78, 5) is 4.68. The van der Waals surface area contributed by atoms with E-state index in [0.717, 1.165) is 17.1 Å². The van der Waals surface area contributed by atoms with Gasteiger partial charge < -0.3 is 4.74 Å². The van der Waals surface area contributed by atoms with Crippen molar-refractivity contribution in [2.24, 2.45) is 0 Å². The molecule has 1 aromatic heterocycles. The average molecular weight is 219 g/mol. The minimum Gasteiger partial charge on any atom is -0.490 e. The van der Waals surface area contributed by atoms with Crippen molar-refractivity contribution >= 4 is 0 Å². The molecule has 0 saturated heterocycles. The minimum absolute atomic E-state index is 0.459. The highest BCUT2D eigenvalue weighted by atomic mass is 16.5. The molecule has 1 saturated carbocycles. The molecule has 0 atom stereocenters. The molecule has 1 aliphatic carbocycles. The predicted octanol–water partition coefficient (Wildman–Crippen LogP) is 3.87. The maximum atomic E-state index is 5.87. The van der Waals surface area contributed by atoms with E-state index in [9.17, 15) is 0 Å². The van der Waals surface area contributed by atoms with Crippen molar-refractivity contribution in [2.75, 3.05) is 0 Å². The first kappa shape index (κ1) is 11.4. The van der Waals surface area contributed by atoms with Crippen LogP contribution in [0.1, 0.15) is 63.8 Å².